The molecule has 1 N–H and O–H groups in total. The van der Waals surface area contributed by atoms with Crippen LogP contribution in [-0.4, -0.2) is 48.7 Å². The monoisotopic (exact) mass is 479 g/mol. The van der Waals surface area contributed by atoms with Crippen molar-refractivity contribution in [2.75, 3.05) is 27.3 Å². The maximum atomic E-state index is 5.59. The molecule has 5 nitrogen and oxygen atoms in total. The Labute approximate surface area is 213 Å². The summed E-state index contributed by atoms with van der Waals surface area (Å²) in [4.78, 5) is 4.84. The van der Waals surface area contributed by atoms with Gasteiger partial charge < -0.3 is 19.7 Å². The molecule has 2 unspecified atom stereocenters. The standard InChI is InChI=1S/C28H39N3O2.C2H6/c1-7-9-27-28(29-18-16-25(32-6)13-10-22(3)30(27)5)17-19-31(23(4)20-28)21-24-11-14-26(15-12-24)33-8-2;1-2/h7,9-16,18,23,29H,1,8,17,19-21H2,2-6H3;1-2H3/b18-16+,22-10+,25-13+,27-9-;. The Morgan fingerprint density at radius 3 is 2.51 bits per heavy atom. The Morgan fingerprint density at radius 2 is 1.91 bits per heavy atom. The summed E-state index contributed by atoms with van der Waals surface area (Å²) in [5.74, 6) is 1.75. The molecule has 2 atom stereocenters. The van der Waals surface area contributed by atoms with E-state index in [-0.39, 0.29) is 5.54 Å². The van der Waals surface area contributed by atoms with E-state index in [4.69, 9.17) is 9.47 Å². The molecule has 0 bridgehead atoms. The molecule has 2 aliphatic heterocycles. The lowest BCUT2D eigenvalue weighted by Gasteiger charge is -2.49. The van der Waals surface area contributed by atoms with Crippen LogP contribution < -0.4 is 10.1 Å². The fourth-order valence-electron chi connectivity index (χ4n) is 4.74. The number of nitrogens with zero attached hydrogens (tertiary/aromatic N) is 2. The Hall–Kier alpha value is -2.92. The first-order valence-electron chi connectivity index (χ1n) is 12.8. The third-order valence-electron chi connectivity index (χ3n) is 6.70. The van der Waals surface area contributed by atoms with Crippen molar-refractivity contribution in [3.63, 3.8) is 0 Å². The van der Waals surface area contributed by atoms with Crippen molar-refractivity contribution in [1.29, 1.82) is 0 Å². The average Bonchev–Trinajstić information content (AvgIpc) is 2.87. The molecule has 5 heteroatoms. The molecule has 0 aromatic heterocycles. The molecule has 0 aliphatic carbocycles. The van der Waals surface area contributed by atoms with Gasteiger partial charge >= 0.3 is 0 Å². The predicted octanol–water partition coefficient (Wildman–Crippen LogP) is 6.39. The van der Waals surface area contributed by atoms with Gasteiger partial charge in [-0.1, -0.05) is 38.6 Å². The fraction of sp³-hybridized carbons (Fsp3) is 0.467. The van der Waals surface area contributed by atoms with Crippen LogP contribution in [0, 0.1) is 0 Å². The second-order valence-corrected chi connectivity index (χ2v) is 8.84. The highest BCUT2D eigenvalue weighted by Crippen LogP contribution is 2.37. The maximum Gasteiger partial charge on any atom is 0.120 e. The van der Waals surface area contributed by atoms with Gasteiger partial charge in [0.2, 0.25) is 0 Å². The van der Waals surface area contributed by atoms with Gasteiger partial charge in [-0.2, -0.15) is 0 Å². The highest BCUT2D eigenvalue weighted by atomic mass is 16.5. The summed E-state index contributed by atoms with van der Waals surface area (Å²) >= 11 is 0. The minimum Gasteiger partial charge on any atom is -0.497 e. The molecule has 3 rings (SSSR count). The summed E-state index contributed by atoms with van der Waals surface area (Å²) in [6.45, 7) is 17.1. The van der Waals surface area contributed by atoms with Gasteiger partial charge in [-0.15, -0.1) is 0 Å². The first-order chi connectivity index (χ1) is 16.9. The highest BCUT2D eigenvalue weighted by molar-refractivity contribution is 5.33. The van der Waals surface area contributed by atoms with Gasteiger partial charge in [-0.05, 0) is 75.6 Å². The highest BCUT2D eigenvalue weighted by Gasteiger charge is 2.42. The average molecular weight is 480 g/mol. The Bertz CT molecular complexity index is 929. The summed E-state index contributed by atoms with van der Waals surface area (Å²) in [6, 6.07) is 8.89. The Morgan fingerprint density at radius 1 is 1.20 bits per heavy atom. The molecule has 1 fully saturated rings. The van der Waals surface area contributed by atoms with Crippen LogP contribution in [0.4, 0.5) is 0 Å². The molecule has 35 heavy (non-hydrogen) atoms. The summed E-state index contributed by atoms with van der Waals surface area (Å²) in [6.07, 6.45) is 14.1. The van der Waals surface area contributed by atoms with Crippen molar-refractivity contribution in [2.45, 2.75) is 65.6 Å². The van der Waals surface area contributed by atoms with Crippen LogP contribution in [0.5, 0.6) is 5.75 Å². The van der Waals surface area contributed by atoms with Crippen molar-refractivity contribution in [2.24, 2.45) is 0 Å². The van der Waals surface area contributed by atoms with Crippen molar-refractivity contribution < 1.29 is 9.47 Å². The smallest absolute Gasteiger partial charge is 0.120 e. The number of methoxy groups -OCH3 is 1. The Kier molecular flexibility index (Phi) is 11.2. The van der Waals surface area contributed by atoms with Crippen molar-refractivity contribution in [3.05, 3.63) is 90.1 Å². The molecule has 1 spiro atoms. The Balaban J connectivity index is 0.00000210. The number of hydrogen-bond acceptors (Lipinski definition) is 5. The third kappa shape index (κ3) is 7.28. The number of hydrogen-bond donors (Lipinski definition) is 1. The zero-order valence-corrected chi connectivity index (χ0v) is 22.8. The van der Waals surface area contributed by atoms with E-state index in [1.807, 2.05) is 45.2 Å². The first-order valence-corrected chi connectivity index (χ1v) is 12.8. The van der Waals surface area contributed by atoms with Crippen LogP contribution in [0.3, 0.4) is 0 Å². The first kappa shape index (κ1) is 28.3. The minimum atomic E-state index is -0.195. The van der Waals surface area contributed by atoms with E-state index >= 15 is 0 Å². The van der Waals surface area contributed by atoms with Gasteiger partial charge in [0.25, 0.3) is 0 Å². The summed E-state index contributed by atoms with van der Waals surface area (Å²) < 4.78 is 11.1. The second-order valence-electron chi connectivity index (χ2n) is 8.84. The minimum absolute atomic E-state index is 0.195. The molecule has 0 radical (unpaired) electrons. The van der Waals surface area contributed by atoms with Crippen LogP contribution in [0.1, 0.15) is 53.0 Å². The molecule has 0 amide bonds. The van der Waals surface area contributed by atoms with Crippen LogP contribution in [-0.2, 0) is 11.3 Å². The lowest BCUT2D eigenvalue weighted by Crippen LogP contribution is -2.58. The zero-order chi connectivity index (χ0) is 25.8. The lowest BCUT2D eigenvalue weighted by atomic mass is 9.79. The molecule has 1 saturated heterocycles. The molecular formula is C30H45N3O2. The van der Waals surface area contributed by atoms with Gasteiger partial charge in [0, 0.05) is 43.8 Å². The third-order valence-corrected chi connectivity index (χ3v) is 6.70. The topological polar surface area (TPSA) is 37.0 Å². The van der Waals surface area contributed by atoms with Gasteiger partial charge in [0.1, 0.15) is 11.5 Å². The SMILES string of the molecule is C=C/C=C1\N(C)/C(C)=C/C=C(OC)\C=C\NC12CCN(Cc1ccc(OCC)cc1)C(C)C2.CC. The maximum absolute atomic E-state index is 5.59. The van der Waals surface area contributed by atoms with Gasteiger partial charge in [-0.25, -0.2) is 0 Å². The van der Waals surface area contributed by atoms with E-state index in [1.54, 1.807) is 7.11 Å². The zero-order valence-electron chi connectivity index (χ0n) is 22.8. The number of piperidine rings is 1. The number of rotatable bonds is 6. The van der Waals surface area contributed by atoms with E-state index in [0.717, 1.165) is 43.1 Å². The normalized spacial score (nSPS) is 27.9. The summed E-state index contributed by atoms with van der Waals surface area (Å²) in [5, 5.41) is 3.76. The number of likely N-dealkylation sites (N-methyl/N-ethyl adjacent to an activating group) is 1. The number of nitrogens with one attached hydrogen (secondary N) is 1. The van der Waals surface area contributed by atoms with Gasteiger partial charge in [0.15, 0.2) is 0 Å². The molecule has 1 aromatic rings. The lowest BCUT2D eigenvalue weighted by molar-refractivity contribution is 0.0916. The van der Waals surface area contributed by atoms with E-state index in [9.17, 15) is 0 Å². The van der Waals surface area contributed by atoms with Gasteiger partial charge in [0.05, 0.1) is 19.3 Å². The number of ether oxygens (including phenoxy) is 2. The number of likely N-dealkylation sites (tertiary alicyclic amines) is 1. The van der Waals surface area contributed by atoms with Crippen molar-refractivity contribution in [3.8, 4) is 5.75 Å². The second kappa shape index (κ2) is 13.8. The van der Waals surface area contributed by atoms with E-state index in [0.29, 0.717) is 12.6 Å². The molecule has 192 valence electrons. The van der Waals surface area contributed by atoms with E-state index in [2.05, 4.69) is 79.0 Å². The summed E-state index contributed by atoms with van der Waals surface area (Å²) in [5.41, 5.74) is 3.50. The van der Waals surface area contributed by atoms with Crippen LogP contribution in [0.15, 0.2) is 84.6 Å². The van der Waals surface area contributed by atoms with E-state index in [1.165, 1.54) is 11.3 Å². The van der Waals surface area contributed by atoms with Gasteiger partial charge in [-0.3, -0.25) is 4.90 Å². The quantitative estimate of drug-likeness (QED) is 0.512. The number of benzene rings is 1. The van der Waals surface area contributed by atoms with E-state index < -0.39 is 0 Å². The van der Waals surface area contributed by atoms with Crippen LogP contribution >= 0.6 is 0 Å². The number of allylic oxidation sites excluding steroid dienone is 6. The fourth-order valence-corrected chi connectivity index (χ4v) is 4.74. The van der Waals surface area contributed by atoms with Crippen molar-refractivity contribution >= 4 is 0 Å². The predicted molar refractivity (Wildman–Crippen MR) is 148 cm³/mol. The summed E-state index contributed by atoms with van der Waals surface area (Å²) in [7, 11) is 3.84. The van der Waals surface area contributed by atoms with Crippen LogP contribution in [0.25, 0.3) is 0 Å². The largest absolute Gasteiger partial charge is 0.497 e. The molecule has 0 saturated carbocycles. The molecule has 2 aliphatic rings. The van der Waals surface area contributed by atoms with Crippen molar-refractivity contribution in [1.82, 2.24) is 15.1 Å². The molecule has 1 aromatic carbocycles. The van der Waals surface area contributed by atoms with Crippen LogP contribution in [0.2, 0.25) is 0 Å². The molecular weight excluding hydrogens is 434 g/mol. The molecule has 2 heterocycles.